The van der Waals surface area contributed by atoms with Crippen molar-refractivity contribution in [1.82, 2.24) is 4.90 Å². The molecule has 1 aliphatic carbocycles. The molecule has 0 saturated heterocycles. The van der Waals surface area contributed by atoms with Gasteiger partial charge in [0.15, 0.2) is 0 Å². The Kier molecular flexibility index (Phi) is 4.69. The number of rotatable bonds is 3. The summed E-state index contributed by atoms with van der Waals surface area (Å²) in [7, 11) is 1.89. The molecule has 20 heavy (non-hydrogen) atoms. The maximum absolute atomic E-state index is 12.6. The number of benzene rings is 1. The Morgan fingerprint density at radius 2 is 1.95 bits per heavy atom. The molecule has 110 valence electrons. The van der Waals surface area contributed by atoms with Gasteiger partial charge in [-0.1, -0.05) is 19.4 Å². The number of phenolic OH excluding ortho intramolecular Hbond substituents is 1. The molecule has 1 aromatic rings. The number of nitrogens with zero attached hydrogens (tertiary/aromatic N) is 1. The highest BCUT2D eigenvalue weighted by atomic mass is 16.3. The molecule has 0 aromatic heterocycles. The van der Waals surface area contributed by atoms with Crippen molar-refractivity contribution >= 4 is 5.91 Å². The summed E-state index contributed by atoms with van der Waals surface area (Å²) < 4.78 is 0. The minimum atomic E-state index is 0.0262. The minimum absolute atomic E-state index is 0.0262. The van der Waals surface area contributed by atoms with Crippen LogP contribution >= 0.6 is 0 Å². The van der Waals surface area contributed by atoms with Gasteiger partial charge in [0.05, 0.1) is 0 Å². The van der Waals surface area contributed by atoms with Gasteiger partial charge in [0.1, 0.15) is 5.75 Å². The highest BCUT2D eigenvalue weighted by Crippen LogP contribution is 2.30. The summed E-state index contributed by atoms with van der Waals surface area (Å²) >= 11 is 0. The summed E-state index contributed by atoms with van der Waals surface area (Å²) in [5.41, 5.74) is 1.29. The molecule has 0 bridgehead atoms. The number of phenols is 1. The fraction of sp³-hybridized carbons (Fsp3) is 0.588. The zero-order chi connectivity index (χ0) is 14.7. The standard InChI is InChI=1S/C17H25NO2/c1-4-13-8-10-14(11-9-13)18(3)17(20)15-6-5-7-16(19)12(15)2/h5-7,13-14,19H,4,8-11H2,1-3H3. The number of aromatic hydroxyl groups is 1. The fourth-order valence-electron chi connectivity index (χ4n) is 3.15. The van der Waals surface area contributed by atoms with Crippen molar-refractivity contribution in [1.29, 1.82) is 0 Å². The van der Waals surface area contributed by atoms with Crippen LogP contribution in [0.2, 0.25) is 0 Å². The lowest BCUT2D eigenvalue weighted by molar-refractivity contribution is 0.0673. The smallest absolute Gasteiger partial charge is 0.254 e. The quantitative estimate of drug-likeness (QED) is 0.913. The Morgan fingerprint density at radius 1 is 1.30 bits per heavy atom. The topological polar surface area (TPSA) is 40.5 Å². The first-order valence-electron chi connectivity index (χ1n) is 7.60. The second-order valence-corrected chi connectivity index (χ2v) is 5.95. The first-order valence-corrected chi connectivity index (χ1v) is 7.60. The molecule has 0 heterocycles. The monoisotopic (exact) mass is 275 g/mol. The Bertz CT molecular complexity index is 476. The van der Waals surface area contributed by atoms with E-state index in [-0.39, 0.29) is 11.7 Å². The van der Waals surface area contributed by atoms with E-state index in [1.54, 1.807) is 25.1 Å². The Morgan fingerprint density at radius 3 is 2.55 bits per heavy atom. The van der Waals surface area contributed by atoms with E-state index in [2.05, 4.69) is 6.92 Å². The van der Waals surface area contributed by atoms with Gasteiger partial charge in [-0.25, -0.2) is 0 Å². The summed E-state index contributed by atoms with van der Waals surface area (Å²) in [6, 6.07) is 5.49. The van der Waals surface area contributed by atoms with Crippen molar-refractivity contribution in [2.45, 2.75) is 52.0 Å². The molecule has 1 N–H and O–H groups in total. The lowest BCUT2D eigenvalue weighted by Crippen LogP contribution is -2.39. The fourth-order valence-corrected chi connectivity index (χ4v) is 3.15. The molecule has 0 aliphatic heterocycles. The predicted octanol–water partition coefficient (Wildman–Crippen LogP) is 3.74. The number of amides is 1. The van der Waals surface area contributed by atoms with Gasteiger partial charge in [-0.05, 0) is 50.7 Å². The second kappa shape index (κ2) is 6.29. The van der Waals surface area contributed by atoms with Crippen LogP contribution in [0.1, 0.15) is 54.9 Å². The van der Waals surface area contributed by atoms with Gasteiger partial charge in [0.25, 0.3) is 5.91 Å². The second-order valence-electron chi connectivity index (χ2n) is 5.95. The maximum atomic E-state index is 12.6. The van der Waals surface area contributed by atoms with Gasteiger partial charge in [0, 0.05) is 24.2 Å². The number of hydrogen-bond donors (Lipinski definition) is 1. The molecular weight excluding hydrogens is 250 g/mol. The molecule has 1 fully saturated rings. The summed E-state index contributed by atoms with van der Waals surface area (Å²) in [5, 5.41) is 9.74. The van der Waals surface area contributed by atoms with Crippen molar-refractivity contribution in [3.05, 3.63) is 29.3 Å². The van der Waals surface area contributed by atoms with Gasteiger partial charge in [-0.3, -0.25) is 4.79 Å². The van der Waals surface area contributed by atoms with Crippen LogP contribution in [-0.4, -0.2) is 29.0 Å². The normalized spacial score (nSPS) is 22.6. The summed E-state index contributed by atoms with van der Waals surface area (Å²) in [4.78, 5) is 14.5. The van der Waals surface area contributed by atoms with Gasteiger partial charge < -0.3 is 10.0 Å². The molecule has 0 unspecified atom stereocenters. The van der Waals surface area contributed by atoms with E-state index < -0.39 is 0 Å². The minimum Gasteiger partial charge on any atom is -0.508 e. The molecule has 3 nitrogen and oxygen atoms in total. The lowest BCUT2D eigenvalue weighted by atomic mass is 9.84. The van der Waals surface area contributed by atoms with Gasteiger partial charge in [-0.2, -0.15) is 0 Å². The number of carbonyl (C=O) groups excluding carboxylic acids is 1. The van der Waals surface area contributed by atoms with Crippen LogP contribution in [0.25, 0.3) is 0 Å². The summed E-state index contributed by atoms with van der Waals surface area (Å²) in [6.45, 7) is 4.04. The van der Waals surface area contributed by atoms with Crippen LogP contribution in [0, 0.1) is 12.8 Å². The van der Waals surface area contributed by atoms with Gasteiger partial charge >= 0.3 is 0 Å². The van der Waals surface area contributed by atoms with Gasteiger partial charge in [-0.15, -0.1) is 0 Å². The molecule has 0 radical (unpaired) electrons. The Labute approximate surface area is 121 Å². The van der Waals surface area contributed by atoms with Crippen LogP contribution in [-0.2, 0) is 0 Å². The predicted molar refractivity (Wildman–Crippen MR) is 81.0 cm³/mol. The van der Waals surface area contributed by atoms with Crippen LogP contribution in [0.15, 0.2) is 18.2 Å². The van der Waals surface area contributed by atoms with E-state index >= 15 is 0 Å². The highest BCUT2D eigenvalue weighted by molar-refractivity contribution is 5.96. The SMILES string of the molecule is CCC1CCC(N(C)C(=O)c2cccc(O)c2C)CC1. The first kappa shape index (κ1) is 14.9. The molecule has 0 spiro atoms. The van der Waals surface area contributed by atoms with E-state index in [1.165, 1.54) is 19.3 Å². The summed E-state index contributed by atoms with van der Waals surface area (Å²) in [5.74, 6) is 1.05. The van der Waals surface area contributed by atoms with E-state index in [9.17, 15) is 9.90 Å². The highest BCUT2D eigenvalue weighted by Gasteiger charge is 2.27. The van der Waals surface area contributed by atoms with E-state index in [1.807, 2.05) is 11.9 Å². The molecule has 1 aromatic carbocycles. The lowest BCUT2D eigenvalue weighted by Gasteiger charge is -2.34. The van der Waals surface area contributed by atoms with Crippen LogP contribution in [0.5, 0.6) is 5.75 Å². The Balaban J connectivity index is 2.07. The molecule has 1 amide bonds. The van der Waals surface area contributed by atoms with Crippen LogP contribution in [0.3, 0.4) is 0 Å². The zero-order valence-electron chi connectivity index (χ0n) is 12.7. The molecular formula is C17H25NO2. The van der Waals surface area contributed by atoms with E-state index in [0.717, 1.165) is 18.8 Å². The van der Waals surface area contributed by atoms with Crippen molar-refractivity contribution < 1.29 is 9.90 Å². The van der Waals surface area contributed by atoms with Crippen LogP contribution < -0.4 is 0 Å². The average molecular weight is 275 g/mol. The zero-order valence-corrected chi connectivity index (χ0v) is 12.7. The van der Waals surface area contributed by atoms with Crippen molar-refractivity contribution in [3.8, 4) is 5.75 Å². The van der Waals surface area contributed by atoms with Crippen molar-refractivity contribution in [2.75, 3.05) is 7.05 Å². The summed E-state index contributed by atoms with van der Waals surface area (Å²) in [6.07, 6.45) is 5.88. The number of hydrogen-bond acceptors (Lipinski definition) is 2. The largest absolute Gasteiger partial charge is 0.508 e. The molecule has 0 atom stereocenters. The van der Waals surface area contributed by atoms with E-state index in [0.29, 0.717) is 17.2 Å². The van der Waals surface area contributed by atoms with E-state index in [4.69, 9.17) is 0 Å². The molecule has 1 aliphatic rings. The third kappa shape index (κ3) is 2.97. The Hall–Kier alpha value is -1.51. The maximum Gasteiger partial charge on any atom is 0.254 e. The van der Waals surface area contributed by atoms with Crippen LogP contribution in [0.4, 0.5) is 0 Å². The van der Waals surface area contributed by atoms with Gasteiger partial charge in [0.2, 0.25) is 0 Å². The van der Waals surface area contributed by atoms with Crippen molar-refractivity contribution in [2.24, 2.45) is 5.92 Å². The van der Waals surface area contributed by atoms with Crippen molar-refractivity contribution in [3.63, 3.8) is 0 Å². The molecule has 3 heteroatoms. The first-order chi connectivity index (χ1) is 9.54. The average Bonchev–Trinajstić information content (AvgIpc) is 2.48. The molecule has 1 saturated carbocycles. The third-order valence-electron chi connectivity index (χ3n) is 4.80. The number of carbonyl (C=O) groups is 1. The molecule has 2 rings (SSSR count). The third-order valence-corrected chi connectivity index (χ3v) is 4.80.